The van der Waals surface area contributed by atoms with Crippen LogP contribution in [0.15, 0.2) is 12.3 Å². The zero-order chi connectivity index (χ0) is 8.27. The molecule has 0 radical (unpaired) electrons. The Kier molecular flexibility index (Phi) is 2.47. The van der Waals surface area contributed by atoms with E-state index in [1.807, 2.05) is 30.8 Å². The van der Waals surface area contributed by atoms with Gasteiger partial charge in [0.15, 0.2) is 0 Å². The van der Waals surface area contributed by atoms with E-state index < -0.39 is 0 Å². The van der Waals surface area contributed by atoms with Crippen LogP contribution in [-0.2, 0) is 7.05 Å². The number of rotatable bonds is 2. The van der Waals surface area contributed by atoms with Crippen LogP contribution < -0.4 is 0 Å². The average molecular weight is 150 g/mol. The number of hydrogen-bond donors (Lipinski definition) is 0. The average Bonchev–Trinajstić information content (AvgIpc) is 2.26. The minimum atomic E-state index is 1.03. The summed E-state index contributed by atoms with van der Waals surface area (Å²) in [5.74, 6) is 1.03. The third-order valence-electron chi connectivity index (χ3n) is 1.54. The standard InChI is InChI=1S/C9H14N2/c1-4-5-6-9-10-8(2)7-11(9)3/h5-7H,4H2,1-3H3/b6-5-. The van der Waals surface area contributed by atoms with Crippen LogP contribution in [0.2, 0.25) is 0 Å². The van der Waals surface area contributed by atoms with E-state index in [-0.39, 0.29) is 0 Å². The minimum absolute atomic E-state index is 1.03. The van der Waals surface area contributed by atoms with Gasteiger partial charge in [0.05, 0.1) is 5.69 Å². The number of allylic oxidation sites excluding steroid dienone is 1. The summed E-state index contributed by atoms with van der Waals surface area (Å²) in [6.45, 7) is 4.12. The van der Waals surface area contributed by atoms with Crippen molar-refractivity contribution in [1.29, 1.82) is 0 Å². The van der Waals surface area contributed by atoms with Crippen molar-refractivity contribution in [2.75, 3.05) is 0 Å². The molecule has 0 atom stereocenters. The lowest BCUT2D eigenvalue weighted by Gasteiger charge is -1.91. The number of nitrogens with zero attached hydrogens (tertiary/aromatic N) is 2. The number of aromatic nitrogens is 2. The Balaban J connectivity index is 2.85. The van der Waals surface area contributed by atoms with Crippen LogP contribution in [0.3, 0.4) is 0 Å². The van der Waals surface area contributed by atoms with Gasteiger partial charge in [0, 0.05) is 13.2 Å². The molecule has 0 spiro atoms. The third kappa shape index (κ3) is 1.93. The van der Waals surface area contributed by atoms with Gasteiger partial charge in [-0.05, 0) is 19.4 Å². The molecule has 0 N–H and O–H groups in total. The van der Waals surface area contributed by atoms with Crippen molar-refractivity contribution < 1.29 is 0 Å². The number of aryl methyl sites for hydroxylation is 2. The highest BCUT2D eigenvalue weighted by molar-refractivity contribution is 5.40. The van der Waals surface area contributed by atoms with Crippen molar-refractivity contribution in [3.63, 3.8) is 0 Å². The third-order valence-corrected chi connectivity index (χ3v) is 1.54. The van der Waals surface area contributed by atoms with E-state index in [1.54, 1.807) is 0 Å². The van der Waals surface area contributed by atoms with E-state index in [0.717, 1.165) is 17.9 Å². The van der Waals surface area contributed by atoms with Crippen molar-refractivity contribution >= 4 is 6.08 Å². The lowest BCUT2D eigenvalue weighted by Crippen LogP contribution is -1.88. The zero-order valence-corrected chi connectivity index (χ0v) is 7.33. The van der Waals surface area contributed by atoms with E-state index in [1.165, 1.54) is 0 Å². The predicted molar refractivity (Wildman–Crippen MR) is 47.3 cm³/mol. The molecule has 0 amide bonds. The Bertz CT molecular complexity index is 259. The van der Waals surface area contributed by atoms with Gasteiger partial charge in [0.2, 0.25) is 0 Å². The highest BCUT2D eigenvalue weighted by Gasteiger charge is 1.95. The first kappa shape index (κ1) is 8.05. The van der Waals surface area contributed by atoms with E-state index in [4.69, 9.17) is 0 Å². The molecule has 0 aliphatic heterocycles. The summed E-state index contributed by atoms with van der Waals surface area (Å²) in [4.78, 5) is 4.32. The molecule has 1 rings (SSSR count). The van der Waals surface area contributed by atoms with Gasteiger partial charge in [-0.2, -0.15) is 0 Å². The first-order chi connectivity index (χ1) is 5.24. The molecular weight excluding hydrogens is 136 g/mol. The molecule has 0 aromatic carbocycles. The summed E-state index contributed by atoms with van der Waals surface area (Å²) in [6.07, 6.45) is 7.25. The smallest absolute Gasteiger partial charge is 0.132 e. The molecule has 0 saturated heterocycles. The largest absolute Gasteiger partial charge is 0.334 e. The van der Waals surface area contributed by atoms with E-state index >= 15 is 0 Å². The molecule has 0 unspecified atom stereocenters. The maximum atomic E-state index is 4.32. The Morgan fingerprint density at radius 2 is 2.36 bits per heavy atom. The van der Waals surface area contributed by atoms with Crippen LogP contribution in [0.1, 0.15) is 24.9 Å². The second-order valence-corrected chi connectivity index (χ2v) is 2.66. The highest BCUT2D eigenvalue weighted by Crippen LogP contribution is 2.02. The fourth-order valence-corrected chi connectivity index (χ4v) is 1.01. The molecule has 11 heavy (non-hydrogen) atoms. The van der Waals surface area contributed by atoms with Crippen molar-refractivity contribution in [3.05, 3.63) is 23.8 Å². The second-order valence-electron chi connectivity index (χ2n) is 2.66. The topological polar surface area (TPSA) is 17.8 Å². The molecule has 2 heteroatoms. The summed E-state index contributed by atoms with van der Waals surface area (Å²) >= 11 is 0. The molecular formula is C9H14N2. The summed E-state index contributed by atoms with van der Waals surface area (Å²) in [6, 6.07) is 0. The lowest BCUT2D eigenvalue weighted by molar-refractivity contribution is 0.896. The van der Waals surface area contributed by atoms with Gasteiger partial charge >= 0.3 is 0 Å². The van der Waals surface area contributed by atoms with Gasteiger partial charge in [-0.1, -0.05) is 13.0 Å². The van der Waals surface area contributed by atoms with Crippen LogP contribution in [0.5, 0.6) is 0 Å². The molecule has 0 bridgehead atoms. The lowest BCUT2D eigenvalue weighted by atomic mass is 10.4. The van der Waals surface area contributed by atoms with Crippen molar-refractivity contribution in [2.45, 2.75) is 20.3 Å². The fraction of sp³-hybridized carbons (Fsp3) is 0.444. The Morgan fingerprint density at radius 1 is 1.64 bits per heavy atom. The van der Waals surface area contributed by atoms with Crippen molar-refractivity contribution in [1.82, 2.24) is 9.55 Å². The van der Waals surface area contributed by atoms with Crippen LogP contribution in [0.25, 0.3) is 6.08 Å². The molecule has 1 aromatic rings. The Morgan fingerprint density at radius 3 is 2.82 bits per heavy atom. The molecule has 0 aliphatic carbocycles. The highest BCUT2D eigenvalue weighted by atomic mass is 15.0. The molecule has 2 nitrogen and oxygen atoms in total. The molecule has 60 valence electrons. The Hall–Kier alpha value is -1.05. The fourth-order valence-electron chi connectivity index (χ4n) is 1.01. The predicted octanol–water partition coefficient (Wildman–Crippen LogP) is 2.15. The van der Waals surface area contributed by atoms with Gasteiger partial charge in [-0.15, -0.1) is 0 Å². The second kappa shape index (κ2) is 3.37. The van der Waals surface area contributed by atoms with Crippen LogP contribution in [-0.4, -0.2) is 9.55 Å². The molecule has 0 saturated carbocycles. The van der Waals surface area contributed by atoms with E-state index in [0.29, 0.717) is 0 Å². The monoisotopic (exact) mass is 150 g/mol. The van der Waals surface area contributed by atoms with Crippen molar-refractivity contribution in [3.8, 4) is 0 Å². The zero-order valence-electron chi connectivity index (χ0n) is 7.33. The summed E-state index contributed by atoms with van der Waals surface area (Å²) in [7, 11) is 2.01. The minimum Gasteiger partial charge on any atom is -0.334 e. The van der Waals surface area contributed by atoms with Gasteiger partial charge in [0.25, 0.3) is 0 Å². The maximum Gasteiger partial charge on any atom is 0.132 e. The van der Waals surface area contributed by atoms with Gasteiger partial charge in [-0.3, -0.25) is 0 Å². The normalized spacial score (nSPS) is 11.2. The van der Waals surface area contributed by atoms with Crippen LogP contribution in [0.4, 0.5) is 0 Å². The van der Waals surface area contributed by atoms with E-state index in [9.17, 15) is 0 Å². The molecule has 0 aliphatic rings. The molecule has 0 fully saturated rings. The van der Waals surface area contributed by atoms with Crippen LogP contribution in [0, 0.1) is 6.92 Å². The van der Waals surface area contributed by atoms with Gasteiger partial charge < -0.3 is 4.57 Å². The Labute approximate surface area is 67.6 Å². The number of imidazole rings is 1. The molecule has 1 heterocycles. The van der Waals surface area contributed by atoms with Crippen LogP contribution >= 0.6 is 0 Å². The van der Waals surface area contributed by atoms with Crippen molar-refractivity contribution in [2.24, 2.45) is 7.05 Å². The van der Waals surface area contributed by atoms with Gasteiger partial charge in [0.1, 0.15) is 5.82 Å². The summed E-state index contributed by atoms with van der Waals surface area (Å²) in [5, 5.41) is 0. The number of hydrogen-bond acceptors (Lipinski definition) is 1. The first-order valence-electron chi connectivity index (χ1n) is 3.90. The van der Waals surface area contributed by atoms with Gasteiger partial charge in [-0.25, -0.2) is 4.98 Å². The summed E-state index contributed by atoms with van der Waals surface area (Å²) in [5.41, 5.74) is 1.07. The maximum absolute atomic E-state index is 4.32. The van der Waals surface area contributed by atoms with E-state index in [2.05, 4.69) is 18.0 Å². The first-order valence-corrected chi connectivity index (χ1v) is 3.90. The molecule has 1 aromatic heterocycles. The quantitative estimate of drug-likeness (QED) is 0.631. The SMILES string of the molecule is CC/C=C\c1nc(C)cn1C. The summed E-state index contributed by atoms with van der Waals surface area (Å²) < 4.78 is 2.03.